The highest BCUT2D eigenvalue weighted by Crippen LogP contribution is 2.22. The van der Waals surface area contributed by atoms with E-state index in [0.29, 0.717) is 13.1 Å². The molecule has 1 aromatic rings. The first-order valence-corrected chi connectivity index (χ1v) is 8.66. The van der Waals surface area contributed by atoms with Gasteiger partial charge in [-0.2, -0.15) is 0 Å². The van der Waals surface area contributed by atoms with Gasteiger partial charge in [-0.25, -0.2) is 0 Å². The first-order chi connectivity index (χ1) is 10.9. The molecule has 1 N–H and O–H groups in total. The summed E-state index contributed by atoms with van der Waals surface area (Å²) in [4.78, 5) is 16.9. The normalized spacial score (nSPS) is 17.2. The fourth-order valence-electron chi connectivity index (χ4n) is 3.25. The highest BCUT2D eigenvalue weighted by molar-refractivity contribution is 5.79. The zero-order chi connectivity index (χ0) is 16.9. The summed E-state index contributed by atoms with van der Waals surface area (Å²) < 4.78 is 0. The van der Waals surface area contributed by atoms with Crippen molar-refractivity contribution in [2.45, 2.75) is 45.8 Å². The SMILES string of the molecule is CCN(CC(C)(C)O)C(=O)C1CCN(Cc2ccccc2)CC1. The van der Waals surface area contributed by atoms with Gasteiger partial charge in [0.1, 0.15) is 0 Å². The highest BCUT2D eigenvalue weighted by atomic mass is 16.3. The molecule has 128 valence electrons. The first kappa shape index (κ1) is 18.0. The van der Waals surface area contributed by atoms with Crippen LogP contribution in [0.25, 0.3) is 0 Å². The Morgan fingerprint density at radius 2 is 1.87 bits per heavy atom. The molecule has 0 atom stereocenters. The number of amides is 1. The third-order valence-electron chi connectivity index (χ3n) is 4.46. The van der Waals surface area contributed by atoms with E-state index in [2.05, 4.69) is 29.2 Å². The maximum absolute atomic E-state index is 12.7. The van der Waals surface area contributed by atoms with Crippen molar-refractivity contribution in [2.75, 3.05) is 26.2 Å². The van der Waals surface area contributed by atoms with Crippen molar-refractivity contribution in [3.63, 3.8) is 0 Å². The average Bonchev–Trinajstić information content (AvgIpc) is 2.53. The minimum absolute atomic E-state index is 0.101. The van der Waals surface area contributed by atoms with Crippen LogP contribution in [0.5, 0.6) is 0 Å². The van der Waals surface area contributed by atoms with Gasteiger partial charge in [-0.3, -0.25) is 9.69 Å². The van der Waals surface area contributed by atoms with Crippen molar-refractivity contribution in [1.29, 1.82) is 0 Å². The molecule has 4 heteroatoms. The summed E-state index contributed by atoms with van der Waals surface area (Å²) in [6.45, 7) is 9.45. The van der Waals surface area contributed by atoms with Crippen LogP contribution in [0.1, 0.15) is 39.2 Å². The summed E-state index contributed by atoms with van der Waals surface area (Å²) in [5, 5.41) is 9.97. The lowest BCUT2D eigenvalue weighted by atomic mass is 9.94. The molecule has 23 heavy (non-hydrogen) atoms. The van der Waals surface area contributed by atoms with Gasteiger partial charge in [0.15, 0.2) is 0 Å². The van der Waals surface area contributed by atoms with Crippen LogP contribution in [-0.4, -0.2) is 52.6 Å². The van der Waals surface area contributed by atoms with Crippen LogP contribution < -0.4 is 0 Å². The molecule has 1 fully saturated rings. The predicted octanol–water partition coefficient (Wildman–Crippen LogP) is 2.52. The molecule has 1 heterocycles. The molecule has 1 aromatic carbocycles. The maximum atomic E-state index is 12.7. The number of rotatable bonds is 6. The molecule has 0 spiro atoms. The molecule has 0 unspecified atom stereocenters. The molecule has 0 saturated carbocycles. The van der Waals surface area contributed by atoms with Crippen molar-refractivity contribution >= 4 is 5.91 Å². The van der Waals surface area contributed by atoms with E-state index in [-0.39, 0.29) is 11.8 Å². The zero-order valence-electron chi connectivity index (χ0n) is 14.7. The van der Waals surface area contributed by atoms with Gasteiger partial charge < -0.3 is 10.0 Å². The van der Waals surface area contributed by atoms with E-state index in [1.54, 1.807) is 18.7 Å². The second-order valence-corrected chi connectivity index (χ2v) is 7.20. The molecule has 2 rings (SSSR count). The third kappa shape index (κ3) is 5.63. The van der Waals surface area contributed by atoms with Crippen molar-refractivity contribution in [1.82, 2.24) is 9.80 Å². The summed E-state index contributed by atoms with van der Waals surface area (Å²) in [7, 11) is 0. The lowest BCUT2D eigenvalue weighted by Gasteiger charge is -2.35. The molecule has 0 radical (unpaired) electrons. The van der Waals surface area contributed by atoms with Crippen LogP contribution in [0.15, 0.2) is 30.3 Å². The number of nitrogens with zero attached hydrogens (tertiary/aromatic N) is 2. The van der Waals surface area contributed by atoms with E-state index in [9.17, 15) is 9.90 Å². The third-order valence-corrected chi connectivity index (χ3v) is 4.46. The molecular formula is C19H30N2O2. The Balaban J connectivity index is 1.84. The fraction of sp³-hybridized carbons (Fsp3) is 0.632. The molecule has 0 bridgehead atoms. The zero-order valence-corrected chi connectivity index (χ0v) is 14.7. The molecule has 0 aromatic heterocycles. The van der Waals surface area contributed by atoms with E-state index in [0.717, 1.165) is 32.5 Å². The average molecular weight is 318 g/mol. The van der Waals surface area contributed by atoms with Gasteiger partial charge in [-0.05, 0) is 52.3 Å². The van der Waals surface area contributed by atoms with Gasteiger partial charge in [0.05, 0.1) is 5.60 Å². The summed E-state index contributed by atoms with van der Waals surface area (Å²) in [5.74, 6) is 0.304. The van der Waals surface area contributed by atoms with E-state index in [1.807, 2.05) is 13.0 Å². The Labute approximate surface area is 140 Å². The van der Waals surface area contributed by atoms with Crippen LogP contribution in [-0.2, 0) is 11.3 Å². The van der Waals surface area contributed by atoms with Gasteiger partial charge in [0.2, 0.25) is 5.91 Å². The number of likely N-dealkylation sites (tertiary alicyclic amines) is 1. The topological polar surface area (TPSA) is 43.8 Å². The summed E-state index contributed by atoms with van der Waals surface area (Å²) in [6.07, 6.45) is 1.82. The van der Waals surface area contributed by atoms with Crippen molar-refractivity contribution in [3.8, 4) is 0 Å². The molecule has 4 nitrogen and oxygen atoms in total. The van der Waals surface area contributed by atoms with Gasteiger partial charge in [-0.15, -0.1) is 0 Å². The molecule has 1 aliphatic heterocycles. The standard InChI is InChI=1S/C19H30N2O2/c1-4-21(15-19(2,3)23)18(22)17-10-12-20(13-11-17)14-16-8-6-5-7-9-16/h5-9,17,23H,4,10-15H2,1-3H3. The number of carbonyl (C=O) groups excluding carboxylic acids is 1. The number of piperidine rings is 1. The van der Waals surface area contributed by atoms with Gasteiger partial charge in [-0.1, -0.05) is 30.3 Å². The smallest absolute Gasteiger partial charge is 0.225 e. The van der Waals surface area contributed by atoms with Crippen LogP contribution in [0.2, 0.25) is 0 Å². The van der Waals surface area contributed by atoms with Gasteiger partial charge >= 0.3 is 0 Å². The number of hydrogen-bond donors (Lipinski definition) is 1. The van der Waals surface area contributed by atoms with Crippen LogP contribution in [0.4, 0.5) is 0 Å². The van der Waals surface area contributed by atoms with Crippen LogP contribution >= 0.6 is 0 Å². The van der Waals surface area contributed by atoms with E-state index >= 15 is 0 Å². The Hall–Kier alpha value is -1.39. The Morgan fingerprint density at radius 3 is 2.39 bits per heavy atom. The fourth-order valence-corrected chi connectivity index (χ4v) is 3.25. The maximum Gasteiger partial charge on any atom is 0.225 e. The minimum atomic E-state index is -0.834. The largest absolute Gasteiger partial charge is 0.389 e. The Kier molecular flexibility index (Phi) is 6.19. The number of benzene rings is 1. The second-order valence-electron chi connectivity index (χ2n) is 7.20. The quantitative estimate of drug-likeness (QED) is 0.876. The predicted molar refractivity (Wildman–Crippen MR) is 93.0 cm³/mol. The second kappa shape index (κ2) is 7.93. The van der Waals surface area contributed by atoms with Crippen LogP contribution in [0, 0.1) is 5.92 Å². The Bertz CT molecular complexity index is 488. The van der Waals surface area contributed by atoms with Gasteiger partial charge in [0.25, 0.3) is 0 Å². The Morgan fingerprint density at radius 1 is 1.26 bits per heavy atom. The number of hydrogen-bond acceptors (Lipinski definition) is 3. The molecule has 1 aliphatic rings. The van der Waals surface area contributed by atoms with Crippen molar-refractivity contribution < 1.29 is 9.90 Å². The van der Waals surface area contributed by atoms with Gasteiger partial charge in [0, 0.05) is 25.6 Å². The minimum Gasteiger partial charge on any atom is -0.389 e. The summed E-state index contributed by atoms with van der Waals surface area (Å²) in [6, 6.07) is 10.5. The molecule has 0 aliphatic carbocycles. The van der Waals surface area contributed by atoms with E-state index in [4.69, 9.17) is 0 Å². The molecular weight excluding hydrogens is 288 g/mol. The molecule has 1 saturated heterocycles. The number of aliphatic hydroxyl groups is 1. The monoisotopic (exact) mass is 318 g/mol. The molecule has 1 amide bonds. The summed E-state index contributed by atoms with van der Waals surface area (Å²) in [5.41, 5.74) is 0.495. The van der Waals surface area contributed by atoms with Crippen LogP contribution in [0.3, 0.4) is 0 Å². The number of likely N-dealkylation sites (N-methyl/N-ethyl adjacent to an activating group) is 1. The lowest BCUT2D eigenvalue weighted by molar-refractivity contribution is -0.139. The number of carbonyl (C=O) groups is 1. The summed E-state index contributed by atoms with van der Waals surface area (Å²) >= 11 is 0. The first-order valence-electron chi connectivity index (χ1n) is 8.66. The van der Waals surface area contributed by atoms with E-state index < -0.39 is 5.60 Å². The van der Waals surface area contributed by atoms with Crippen molar-refractivity contribution in [2.24, 2.45) is 5.92 Å². The lowest BCUT2D eigenvalue weighted by Crippen LogP contribution is -2.47. The van der Waals surface area contributed by atoms with E-state index in [1.165, 1.54) is 5.56 Å². The van der Waals surface area contributed by atoms with Crippen molar-refractivity contribution in [3.05, 3.63) is 35.9 Å². The highest BCUT2D eigenvalue weighted by Gasteiger charge is 2.30.